The maximum Gasteiger partial charge on any atom is 0.0702 e. The Bertz CT molecular complexity index is 412. The van der Waals surface area contributed by atoms with Gasteiger partial charge in [-0.25, -0.2) is 0 Å². The van der Waals surface area contributed by atoms with Crippen LogP contribution in [0.5, 0.6) is 0 Å². The maximum absolute atomic E-state index is 9.52. The van der Waals surface area contributed by atoms with Gasteiger partial charge in [0.05, 0.1) is 6.61 Å². The van der Waals surface area contributed by atoms with Crippen LogP contribution in [0.2, 0.25) is 0 Å². The summed E-state index contributed by atoms with van der Waals surface area (Å²) < 4.78 is 0. The summed E-state index contributed by atoms with van der Waals surface area (Å²) in [6.07, 6.45) is 3.77. The SMILES string of the molecule is Cc1ccc(N2CCCC(C)(C)CC2)c(CO)c1. The molecular formula is C16H25NO. The fourth-order valence-electron chi connectivity index (χ4n) is 2.81. The van der Waals surface area contributed by atoms with Gasteiger partial charge in [-0.1, -0.05) is 31.5 Å². The van der Waals surface area contributed by atoms with Gasteiger partial charge in [-0.2, -0.15) is 0 Å². The summed E-state index contributed by atoms with van der Waals surface area (Å²) in [6, 6.07) is 6.41. The molecule has 0 atom stereocenters. The molecule has 2 rings (SSSR count). The number of rotatable bonds is 2. The van der Waals surface area contributed by atoms with E-state index in [0.717, 1.165) is 18.7 Å². The number of aliphatic hydroxyl groups excluding tert-OH is 1. The van der Waals surface area contributed by atoms with Gasteiger partial charge in [0.2, 0.25) is 0 Å². The molecule has 0 spiro atoms. The molecule has 0 unspecified atom stereocenters. The van der Waals surface area contributed by atoms with Crippen molar-refractivity contribution < 1.29 is 5.11 Å². The van der Waals surface area contributed by atoms with Crippen LogP contribution in [0.15, 0.2) is 18.2 Å². The van der Waals surface area contributed by atoms with Crippen LogP contribution in [0.25, 0.3) is 0 Å². The molecule has 0 aliphatic carbocycles. The Kier molecular flexibility index (Phi) is 3.96. The Labute approximate surface area is 111 Å². The van der Waals surface area contributed by atoms with Gasteiger partial charge in [-0.05, 0) is 37.7 Å². The van der Waals surface area contributed by atoms with Gasteiger partial charge in [0, 0.05) is 24.3 Å². The summed E-state index contributed by atoms with van der Waals surface area (Å²) >= 11 is 0. The molecule has 1 N–H and O–H groups in total. The lowest BCUT2D eigenvalue weighted by molar-refractivity contribution is 0.282. The predicted octanol–water partition coefficient (Wildman–Crippen LogP) is 3.50. The third-order valence-electron chi connectivity index (χ3n) is 4.09. The Hall–Kier alpha value is -1.02. The van der Waals surface area contributed by atoms with Gasteiger partial charge in [-0.3, -0.25) is 0 Å². The van der Waals surface area contributed by atoms with Gasteiger partial charge in [0.25, 0.3) is 0 Å². The van der Waals surface area contributed by atoms with E-state index in [9.17, 15) is 5.11 Å². The van der Waals surface area contributed by atoms with Crippen molar-refractivity contribution in [3.8, 4) is 0 Å². The molecule has 1 aromatic carbocycles. The lowest BCUT2D eigenvalue weighted by Gasteiger charge is -2.26. The summed E-state index contributed by atoms with van der Waals surface area (Å²) in [5, 5.41) is 9.52. The standard InChI is InChI=1S/C16H25NO/c1-13-5-6-15(14(11-13)12-18)17-9-4-7-16(2,3)8-10-17/h5-6,11,18H,4,7-10,12H2,1-3H3. The van der Waals surface area contributed by atoms with Crippen LogP contribution in [0.3, 0.4) is 0 Å². The van der Waals surface area contributed by atoms with Crippen LogP contribution >= 0.6 is 0 Å². The topological polar surface area (TPSA) is 23.5 Å². The van der Waals surface area contributed by atoms with Crippen molar-refractivity contribution in [1.82, 2.24) is 0 Å². The average Bonchev–Trinajstić information content (AvgIpc) is 2.50. The number of aryl methyl sites for hydroxylation is 1. The van der Waals surface area contributed by atoms with E-state index in [-0.39, 0.29) is 6.61 Å². The van der Waals surface area contributed by atoms with E-state index in [4.69, 9.17) is 0 Å². The van der Waals surface area contributed by atoms with E-state index in [0.29, 0.717) is 5.41 Å². The molecule has 1 heterocycles. The molecule has 1 fully saturated rings. The Morgan fingerprint density at radius 2 is 2.00 bits per heavy atom. The van der Waals surface area contributed by atoms with E-state index >= 15 is 0 Å². The van der Waals surface area contributed by atoms with E-state index in [1.165, 1.54) is 30.5 Å². The maximum atomic E-state index is 9.52. The van der Waals surface area contributed by atoms with Crippen LogP contribution in [-0.2, 0) is 6.61 Å². The largest absolute Gasteiger partial charge is 0.392 e. The predicted molar refractivity (Wildman–Crippen MR) is 76.9 cm³/mol. The molecule has 1 aromatic rings. The smallest absolute Gasteiger partial charge is 0.0702 e. The lowest BCUT2D eigenvalue weighted by atomic mass is 9.85. The highest BCUT2D eigenvalue weighted by Crippen LogP contribution is 2.32. The number of hydrogen-bond acceptors (Lipinski definition) is 2. The van der Waals surface area contributed by atoms with Crippen molar-refractivity contribution in [2.75, 3.05) is 18.0 Å². The molecule has 0 amide bonds. The molecule has 18 heavy (non-hydrogen) atoms. The van der Waals surface area contributed by atoms with Crippen LogP contribution in [0.4, 0.5) is 5.69 Å². The number of aliphatic hydroxyl groups is 1. The molecule has 0 radical (unpaired) electrons. The zero-order chi connectivity index (χ0) is 13.2. The molecule has 1 aliphatic heterocycles. The van der Waals surface area contributed by atoms with Crippen LogP contribution in [-0.4, -0.2) is 18.2 Å². The highest BCUT2D eigenvalue weighted by atomic mass is 16.3. The molecule has 1 saturated heterocycles. The van der Waals surface area contributed by atoms with Crippen molar-refractivity contribution in [2.24, 2.45) is 5.41 Å². The van der Waals surface area contributed by atoms with Crippen molar-refractivity contribution in [3.05, 3.63) is 29.3 Å². The van der Waals surface area contributed by atoms with E-state index in [1.807, 2.05) is 0 Å². The van der Waals surface area contributed by atoms with Gasteiger partial charge in [0.1, 0.15) is 0 Å². The van der Waals surface area contributed by atoms with Crippen molar-refractivity contribution >= 4 is 5.69 Å². The first-order chi connectivity index (χ1) is 8.52. The first-order valence-corrected chi connectivity index (χ1v) is 6.97. The molecule has 2 heteroatoms. The lowest BCUT2D eigenvalue weighted by Crippen LogP contribution is -2.26. The Morgan fingerprint density at radius 1 is 1.22 bits per heavy atom. The summed E-state index contributed by atoms with van der Waals surface area (Å²) in [6.45, 7) is 9.14. The summed E-state index contributed by atoms with van der Waals surface area (Å²) in [5.74, 6) is 0. The fraction of sp³-hybridized carbons (Fsp3) is 0.625. The molecule has 0 bridgehead atoms. The Morgan fingerprint density at radius 3 is 2.72 bits per heavy atom. The molecule has 2 nitrogen and oxygen atoms in total. The second-order valence-corrected chi connectivity index (χ2v) is 6.30. The quantitative estimate of drug-likeness (QED) is 0.864. The molecule has 0 aromatic heterocycles. The fourth-order valence-corrected chi connectivity index (χ4v) is 2.81. The number of nitrogens with zero attached hydrogens (tertiary/aromatic N) is 1. The molecule has 1 aliphatic rings. The molecule has 100 valence electrons. The minimum Gasteiger partial charge on any atom is -0.392 e. The first kappa shape index (κ1) is 13.4. The minimum atomic E-state index is 0.136. The first-order valence-electron chi connectivity index (χ1n) is 6.97. The number of benzene rings is 1. The Balaban J connectivity index is 2.21. The minimum absolute atomic E-state index is 0.136. The van der Waals surface area contributed by atoms with Crippen molar-refractivity contribution in [1.29, 1.82) is 0 Å². The van der Waals surface area contributed by atoms with E-state index < -0.39 is 0 Å². The number of hydrogen-bond donors (Lipinski definition) is 1. The summed E-state index contributed by atoms with van der Waals surface area (Å²) in [4.78, 5) is 2.44. The van der Waals surface area contributed by atoms with E-state index in [2.05, 4.69) is 43.9 Å². The van der Waals surface area contributed by atoms with Gasteiger partial charge >= 0.3 is 0 Å². The van der Waals surface area contributed by atoms with Gasteiger partial charge in [-0.15, -0.1) is 0 Å². The third-order valence-corrected chi connectivity index (χ3v) is 4.09. The summed E-state index contributed by atoms with van der Waals surface area (Å²) in [5.41, 5.74) is 3.96. The van der Waals surface area contributed by atoms with Crippen molar-refractivity contribution in [2.45, 2.75) is 46.6 Å². The molecule has 0 saturated carbocycles. The third kappa shape index (κ3) is 3.05. The second kappa shape index (κ2) is 5.31. The summed E-state index contributed by atoms with van der Waals surface area (Å²) in [7, 11) is 0. The highest BCUT2D eigenvalue weighted by Gasteiger charge is 2.23. The number of anilines is 1. The zero-order valence-electron chi connectivity index (χ0n) is 11.9. The highest BCUT2D eigenvalue weighted by molar-refractivity contribution is 5.55. The van der Waals surface area contributed by atoms with Crippen LogP contribution in [0.1, 0.15) is 44.2 Å². The van der Waals surface area contributed by atoms with Crippen LogP contribution in [0, 0.1) is 12.3 Å². The second-order valence-electron chi connectivity index (χ2n) is 6.30. The average molecular weight is 247 g/mol. The monoisotopic (exact) mass is 247 g/mol. The van der Waals surface area contributed by atoms with Gasteiger partial charge < -0.3 is 10.0 Å². The molecular weight excluding hydrogens is 222 g/mol. The van der Waals surface area contributed by atoms with Crippen molar-refractivity contribution in [3.63, 3.8) is 0 Å². The van der Waals surface area contributed by atoms with E-state index in [1.54, 1.807) is 0 Å². The normalized spacial score (nSPS) is 19.7. The van der Waals surface area contributed by atoms with Gasteiger partial charge in [0.15, 0.2) is 0 Å². The zero-order valence-corrected chi connectivity index (χ0v) is 11.9. The van der Waals surface area contributed by atoms with Crippen LogP contribution < -0.4 is 4.90 Å².